The minimum absolute atomic E-state index is 0.0134. The molecule has 0 radical (unpaired) electrons. The van der Waals surface area contributed by atoms with Gasteiger partial charge in [-0.15, -0.1) is 0 Å². The summed E-state index contributed by atoms with van der Waals surface area (Å²) in [6, 6.07) is 11.9. The molecule has 1 saturated heterocycles. The molecule has 2 aromatic rings. The Kier molecular flexibility index (Phi) is 6.13. The number of carbonyl (C=O) groups is 1. The largest absolute Gasteiger partial charge is 0.325 e. The molecule has 0 spiro atoms. The van der Waals surface area contributed by atoms with E-state index < -0.39 is 17.7 Å². The van der Waals surface area contributed by atoms with E-state index in [1.54, 1.807) is 12.1 Å². The highest BCUT2D eigenvalue weighted by atomic mass is 19.2. The van der Waals surface area contributed by atoms with Crippen molar-refractivity contribution in [1.29, 1.82) is 0 Å². The molecule has 4 atom stereocenters. The van der Waals surface area contributed by atoms with Crippen LogP contribution in [0, 0.1) is 17.6 Å². The molecule has 3 N–H and O–H groups in total. The lowest BCUT2D eigenvalue weighted by molar-refractivity contribution is -0.119. The van der Waals surface area contributed by atoms with Crippen molar-refractivity contribution in [2.24, 2.45) is 5.92 Å². The molecule has 0 aromatic heterocycles. The highest BCUT2D eigenvalue weighted by Gasteiger charge is 2.44. The standard InChI is InChI=1S/C23H28F2N4O/c1-29(2)13-14-6-9-16(10-7-14)26-23(30)22-18-12-15(8-11-20(18)27-28-22)17-4-3-5-19(24)21(17)25/h3-7,9-10,15,18,20,22,27-28H,8,11-13H2,1-2H3,(H,26,30). The number of fused-ring (bicyclic) bond motifs is 1. The van der Waals surface area contributed by atoms with Gasteiger partial charge in [-0.3, -0.25) is 10.2 Å². The van der Waals surface area contributed by atoms with Crippen molar-refractivity contribution in [3.05, 3.63) is 65.2 Å². The first-order valence-corrected chi connectivity index (χ1v) is 10.4. The van der Waals surface area contributed by atoms with Gasteiger partial charge in [-0.2, -0.15) is 0 Å². The van der Waals surface area contributed by atoms with Crippen molar-refractivity contribution in [2.75, 3.05) is 19.4 Å². The van der Waals surface area contributed by atoms with Crippen LogP contribution in [0.5, 0.6) is 0 Å². The fourth-order valence-corrected chi connectivity index (χ4v) is 4.71. The molecule has 1 aliphatic carbocycles. The van der Waals surface area contributed by atoms with Gasteiger partial charge in [0.15, 0.2) is 11.6 Å². The molecule has 7 heteroatoms. The van der Waals surface area contributed by atoms with Gasteiger partial charge >= 0.3 is 0 Å². The Bertz CT molecular complexity index is 903. The van der Waals surface area contributed by atoms with Crippen LogP contribution in [-0.2, 0) is 11.3 Å². The lowest BCUT2D eigenvalue weighted by Gasteiger charge is -2.33. The zero-order valence-electron chi connectivity index (χ0n) is 17.3. The fraction of sp³-hybridized carbons (Fsp3) is 0.435. The monoisotopic (exact) mass is 414 g/mol. The number of amides is 1. The van der Waals surface area contributed by atoms with E-state index >= 15 is 0 Å². The number of nitrogens with zero attached hydrogens (tertiary/aromatic N) is 1. The summed E-state index contributed by atoms with van der Waals surface area (Å²) in [5.74, 6) is -1.78. The molecule has 5 nitrogen and oxygen atoms in total. The summed E-state index contributed by atoms with van der Waals surface area (Å²) in [6.45, 7) is 0.837. The van der Waals surface area contributed by atoms with Gasteiger partial charge in [-0.25, -0.2) is 14.2 Å². The summed E-state index contributed by atoms with van der Waals surface area (Å²) in [6.07, 6.45) is 2.20. The van der Waals surface area contributed by atoms with Gasteiger partial charge in [0.25, 0.3) is 0 Å². The molecule has 4 unspecified atom stereocenters. The lowest BCUT2D eigenvalue weighted by atomic mass is 9.73. The second-order valence-electron chi connectivity index (χ2n) is 8.61. The Morgan fingerprint density at radius 3 is 2.60 bits per heavy atom. The number of hydrogen-bond acceptors (Lipinski definition) is 4. The van der Waals surface area contributed by atoms with E-state index in [-0.39, 0.29) is 23.8 Å². The van der Waals surface area contributed by atoms with Crippen LogP contribution >= 0.6 is 0 Å². The first-order chi connectivity index (χ1) is 14.4. The maximum absolute atomic E-state index is 14.3. The molecule has 30 heavy (non-hydrogen) atoms. The van der Waals surface area contributed by atoms with E-state index in [1.807, 2.05) is 38.4 Å². The van der Waals surface area contributed by atoms with Crippen molar-refractivity contribution < 1.29 is 13.6 Å². The maximum atomic E-state index is 14.3. The topological polar surface area (TPSA) is 56.4 Å². The molecule has 2 aliphatic rings. The number of halogens is 2. The Hall–Kier alpha value is -2.35. The fourth-order valence-electron chi connectivity index (χ4n) is 4.71. The van der Waals surface area contributed by atoms with Crippen molar-refractivity contribution >= 4 is 11.6 Å². The Morgan fingerprint density at radius 1 is 1.10 bits per heavy atom. The Morgan fingerprint density at radius 2 is 1.87 bits per heavy atom. The van der Waals surface area contributed by atoms with Crippen LogP contribution in [0.3, 0.4) is 0 Å². The van der Waals surface area contributed by atoms with Crippen molar-refractivity contribution in [3.8, 4) is 0 Å². The number of nitrogens with one attached hydrogen (secondary N) is 3. The number of benzene rings is 2. The number of hydrazine groups is 1. The molecule has 1 aliphatic heterocycles. The minimum atomic E-state index is -0.815. The van der Waals surface area contributed by atoms with Gasteiger partial charge in [0, 0.05) is 24.2 Å². The van der Waals surface area contributed by atoms with Crippen molar-refractivity contribution in [2.45, 2.75) is 43.8 Å². The maximum Gasteiger partial charge on any atom is 0.243 e. The van der Waals surface area contributed by atoms with Crippen LogP contribution < -0.4 is 16.2 Å². The summed E-state index contributed by atoms with van der Waals surface area (Å²) in [5, 5.41) is 2.98. The third kappa shape index (κ3) is 4.38. The smallest absolute Gasteiger partial charge is 0.243 e. The zero-order chi connectivity index (χ0) is 21.3. The third-order valence-electron chi connectivity index (χ3n) is 6.18. The van der Waals surface area contributed by atoms with Crippen LogP contribution in [0.2, 0.25) is 0 Å². The average Bonchev–Trinajstić information content (AvgIpc) is 3.14. The lowest BCUT2D eigenvalue weighted by Crippen LogP contribution is -2.42. The summed E-state index contributed by atoms with van der Waals surface area (Å²) in [7, 11) is 4.02. The van der Waals surface area contributed by atoms with E-state index in [2.05, 4.69) is 21.1 Å². The first kappa shape index (κ1) is 20.9. The van der Waals surface area contributed by atoms with Crippen molar-refractivity contribution in [3.63, 3.8) is 0 Å². The highest BCUT2D eigenvalue weighted by Crippen LogP contribution is 2.40. The molecule has 4 rings (SSSR count). The van der Waals surface area contributed by atoms with Gasteiger partial charge in [0.05, 0.1) is 0 Å². The van der Waals surface area contributed by atoms with E-state index in [1.165, 1.54) is 5.56 Å². The Balaban J connectivity index is 1.43. The van der Waals surface area contributed by atoms with Crippen LogP contribution in [0.25, 0.3) is 0 Å². The summed E-state index contributed by atoms with van der Waals surface area (Å²) < 4.78 is 28.0. The van der Waals surface area contributed by atoms with Gasteiger partial charge < -0.3 is 10.2 Å². The molecule has 1 amide bonds. The van der Waals surface area contributed by atoms with E-state index in [9.17, 15) is 13.6 Å². The predicted octanol–water partition coefficient (Wildman–Crippen LogP) is 3.39. The van der Waals surface area contributed by atoms with Gasteiger partial charge in [0.1, 0.15) is 6.04 Å². The normalized spacial score (nSPS) is 25.9. The molecule has 1 heterocycles. The van der Waals surface area contributed by atoms with Crippen LogP contribution in [-0.4, -0.2) is 37.0 Å². The molecular formula is C23H28F2N4O. The molecule has 0 bridgehead atoms. The van der Waals surface area contributed by atoms with E-state index in [0.29, 0.717) is 12.0 Å². The quantitative estimate of drug-likeness (QED) is 0.702. The molecule has 2 aromatic carbocycles. The highest BCUT2D eigenvalue weighted by molar-refractivity contribution is 5.95. The summed E-state index contributed by atoms with van der Waals surface area (Å²) in [4.78, 5) is 15.0. The number of anilines is 1. The predicted molar refractivity (Wildman–Crippen MR) is 113 cm³/mol. The van der Waals surface area contributed by atoms with Gasteiger partial charge in [-0.1, -0.05) is 24.3 Å². The van der Waals surface area contributed by atoms with Crippen molar-refractivity contribution in [1.82, 2.24) is 15.8 Å². The molecular weight excluding hydrogens is 386 g/mol. The second-order valence-corrected chi connectivity index (χ2v) is 8.61. The SMILES string of the molecule is CN(C)Cc1ccc(NC(=O)C2NNC3CCC(c4cccc(F)c4F)CC32)cc1. The average molecular weight is 415 g/mol. The number of carbonyl (C=O) groups excluding carboxylic acids is 1. The number of rotatable bonds is 5. The van der Waals surface area contributed by atoms with Gasteiger partial charge in [-0.05, 0) is 68.6 Å². The molecule has 160 valence electrons. The molecule has 2 fully saturated rings. The first-order valence-electron chi connectivity index (χ1n) is 10.4. The van der Waals surface area contributed by atoms with Crippen LogP contribution in [0.4, 0.5) is 14.5 Å². The van der Waals surface area contributed by atoms with Crippen LogP contribution in [0.15, 0.2) is 42.5 Å². The van der Waals surface area contributed by atoms with Gasteiger partial charge in [0.2, 0.25) is 5.91 Å². The minimum Gasteiger partial charge on any atom is -0.325 e. The number of hydrogen-bond donors (Lipinski definition) is 3. The zero-order valence-corrected chi connectivity index (χ0v) is 17.3. The van der Waals surface area contributed by atoms with E-state index in [4.69, 9.17) is 0 Å². The second kappa shape index (κ2) is 8.79. The van der Waals surface area contributed by atoms with E-state index in [0.717, 1.165) is 31.1 Å². The molecule has 1 saturated carbocycles. The summed E-state index contributed by atoms with van der Waals surface area (Å²) in [5.41, 5.74) is 8.67. The third-order valence-corrected chi connectivity index (χ3v) is 6.18. The Labute approximate surface area is 175 Å². The van der Waals surface area contributed by atoms with Crippen LogP contribution in [0.1, 0.15) is 36.3 Å². The summed E-state index contributed by atoms with van der Waals surface area (Å²) >= 11 is 0.